The second kappa shape index (κ2) is 9.18. The third-order valence-corrected chi connectivity index (χ3v) is 7.87. The highest BCUT2D eigenvalue weighted by molar-refractivity contribution is 7.19. The number of anilines is 1. The number of piperazine rings is 1. The molecule has 1 amide bonds. The van der Waals surface area contributed by atoms with Crippen LogP contribution in [0, 0.1) is 5.92 Å². The fourth-order valence-electron chi connectivity index (χ4n) is 4.95. The van der Waals surface area contributed by atoms with Gasteiger partial charge in [0.1, 0.15) is 16.5 Å². The van der Waals surface area contributed by atoms with Crippen molar-refractivity contribution in [1.82, 2.24) is 14.9 Å². The van der Waals surface area contributed by atoms with Crippen molar-refractivity contribution >= 4 is 33.3 Å². The van der Waals surface area contributed by atoms with Crippen LogP contribution in [0.15, 0.2) is 30.3 Å². The molecule has 5 rings (SSSR count). The van der Waals surface area contributed by atoms with Crippen molar-refractivity contribution in [3.8, 4) is 0 Å². The van der Waals surface area contributed by atoms with Crippen LogP contribution in [0.2, 0.25) is 0 Å². The molecule has 0 saturated carbocycles. The van der Waals surface area contributed by atoms with Gasteiger partial charge < -0.3 is 9.80 Å². The molecule has 0 bridgehead atoms. The molecule has 0 unspecified atom stereocenters. The topological polar surface area (TPSA) is 49.3 Å². The first-order valence-electron chi connectivity index (χ1n) is 12.0. The predicted octanol–water partition coefficient (Wildman–Crippen LogP) is 4.86. The lowest BCUT2D eigenvalue weighted by atomic mass is 10.1. The number of benzene rings is 1. The van der Waals surface area contributed by atoms with Gasteiger partial charge in [-0.1, -0.05) is 50.6 Å². The normalized spacial score (nSPS) is 17.0. The number of carbonyl (C=O) groups is 1. The minimum Gasteiger partial charge on any atom is -0.352 e. The molecular formula is C26H32N4OS. The lowest BCUT2D eigenvalue weighted by molar-refractivity contribution is -0.134. The standard InChI is InChI=1S/C26H32N4OS/c1-18(2)26(31)30-15-13-29(14-16-30)24-23-20-11-7-4-8-12-21(20)32-25(23)28-22(27-24)17-19-9-5-3-6-10-19/h3,5-6,9-10,18H,4,7-8,11-17H2,1-2H3. The number of fused-ring (bicyclic) bond motifs is 3. The Balaban J connectivity index is 1.52. The Bertz CT molecular complexity index is 1100. The molecule has 2 aromatic heterocycles. The van der Waals surface area contributed by atoms with E-state index in [2.05, 4.69) is 29.2 Å². The third kappa shape index (κ3) is 4.25. The van der Waals surface area contributed by atoms with Crippen LogP contribution in [0.25, 0.3) is 10.2 Å². The number of hydrogen-bond donors (Lipinski definition) is 0. The summed E-state index contributed by atoms with van der Waals surface area (Å²) >= 11 is 1.88. The largest absolute Gasteiger partial charge is 0.352 e. The van der Waals surface area contributed by atoms with E-state index in [4.69, 9.17) is 9.97 Å². The van der Waals surface area contributed by atoms with Gasteiger partial charge in [0.05, 0.1) is 5.39 Å². The molecule has 2 aliphatic rings. The van der Waals surface area contributed by atoms with Gasteiger partial charge in [-0.05, 0) is 36.8 Å². The third-order valence-electron chi connectivity index (χ3n) is 6.68. The fraction of sp³-hybridized carbons (Fsp3) is 0.500. The monoisotopic (exact) mass is 448 g/mol. The van der Waals surface area contributed by atoms with Crippen molar-refractivity contribution in [3.63, 3.8) is 0 Å². The first kappa shape index (κ1) is 21.4. The summed E-state index contributed by atoms with van der Waals surface area (Å²) in [6, 6.07) is 10.5. The Morgan fingerprint density at radius 1 is 1.00 bits per heavy atom. The van der Waals surface area contributed by atoms with Gasteiger partial charge in [0.25, 0.3) is 0 Å². The molecule has 6 heteroatoms. The number of aryl methyl sites for hydroxylation is 2. The summed E-state index contributed by atoms with van der Waals surface area (Å²) in [5.74, 6) is 2.30. The Labute approximate surface area is 194 Å². The smallest absolute Gasteiger partial charge is 0.225 e. The van der Waals surface area contributed by atoms with Gasteiger partial charge in [0.2, 0.25) is 5.91 Å². The highest BCUT2D eigenvalue weighted by atomic mass is 32.1. The Morgan fingerprint density at radius 3 is 2.50 bits per heavy atom. The van der Waals surface area contributed by atoms with E-state index in [1.807, 2.05) is 36.2 Å². The zero-order valence-electron chi connectivity index (χ0n) is 19.1. The van der Waals surface area contributed by atoms with E-state index in [9.17, 15) is 4.79 Å². The fourth-order valence-corrected chi connectivity index (χ4v) is 6.22. The molecule has 168 valence electrons. The van der Waals surface area contributed by atoms with Gasteiger partial charge >= 0.3 is 0 Å². The number of hydrogen-bond acceptors (Lipinski definition) is 5. The van der Waals surface area contributed by atoms with Crippen molar-refractivity contribution in [2.75, 3.05) is 31.1 Å². The van der Waals surface area contributed by atoms with Crippen LogP contribution in [0.4, 0.5) is 5.82 Å². The van der Waals surface area contributed by atoms with E-state index in [1.54, 1.807) is 0 Å². The van der Waals surface area contributed by atoms with Crippen LogP contribution >= 0.6 is 11.3 Å². The molecule has 0 N–H and O–H groups in total. The summed E-state index contributed by atoms with van der Waals surface area (Å²) in [7, 11) is 0. The quantitative estimate of drug-likeness (QED) is 0.535. The van der Waals surface area contributed by atoms with E-state index >= 15 is 0 Å². The molecule has 1 fully saturated rings. The van der Waals surface area contributed by atoms with E-state index < -0.39 is 0 Å². The van der Waals surface area contributed by atoms with E-state index in [0.717, 1.165) is 55.5 Å². The molecule has 1 aliphatic heterocycles. The highest BCUT2D eigenvalue weighted by Gasteiger charge is 2.27. The second-order valence-electron chi connectivity index (χ2n) is 9.34. The predicted molar refractivity (Wildman–Crippen MR) is 132 cm³/mol. The van der Waals surface area contributed by atoms with Crippen molar-refractivity contribution in [2.45, 2.75) is 52.4 Å². The number of amides is 1. The maximum Gasteiger partial charge on any atom is 0.225 e. The van der Waals surface area contributed by atoms with E-state index in [1.165, 1.54) is 47.1 Å². The highest BCUT2D eigenvalue weighted by Crippen LogP contribution is 2.39. The summed E-state index contributed by atoms with van der Waals surface area (Å²) in [4.78, 5) is 29.8. The zero-order chi connectivity index (χ0) is 22.1. The number of nitrogens with zero attached hydrogens (tertiary/aromatic N) is 4. The molecule has 1 aromatic carbocycles. The summed E-state index contributed by atoms with van der Waals surface area (Å²) in [6.07, 6.45) is 6.88. The van der Waals surface area contributed by atoms with Gasteiger partial charge in [-0.3, -0.25) is 4.79 Å². The van der Waals surface area contributed by atoms with Crippen LogP contribution in [0.5, 0.6) is 0 Å². The lowest BCUT2D eigenvalue weighted by Crippen LogP contribution is -2.50. The van der Waals surface area contributed by atoms with Crippen molar-refractivity contribution < 1.29 is 4.79 Å². The van der Waals surface area contributed by atoms with Crippen molar-refractivity contribution in [3.05, 3.63) is 52.2 Å². The molecule has 1 saturated heterocycles. The molecule has 0 radical (unpaired) electrons. The van der Waals surface area contributed by atoms with Crippen LogP contribution in [0.1, 0.15) is 54.9 Å². The van der Waals surface area contributed by atoms with Gasteiger partial charge in [-0.15, -0.1) is 11.3 Å². The molecular weight excluding hydrogens is 416 g/mol. The number of thiophene rings is 1. The minimum atomic E-state index is 0.0532. The molecule has 3 heterocycles. The van der Waals surface area contributed by atoms with E-state index in [-0.39, 0.29) is 11.8 Å². The number of rotatable bonds is 4. The minimum absolute atomic E-state index is 0.0532. The van der Waals surface area contributed by atoms with Crippen molar-refractivity contribution in [1.29, 1.82) is 0 Å². The average molecular weight is 449 g/mol. The van der Waals surface area contributed by atoms with Crippen LogP contribution < -0.4 is 4.90 Å². The Hall–Kier alpha value is -2.47. The van der Waals surface area contributed by atoms with Gasteiger partial charge in [-0.25, -0.2) is 9.97 Å². The van der Waals surface area contributed by atoms with Gasteiger partial charge in [-0.2, -0.15) is 0 Å². The maximum atomic E-state index is 12.5. The first-order chi connectivity index (χ1) is 15.6. The molecule has 0 atom stereocenters. The summed E-state index contributed by atoms with van der Waals surface area (Å²) < 4.78 is 0. The van der Waals surface area contributed by atoms with Crippen LogP contribution in [-0.2, 0) is 24.1 Å². The number of carbonyl (C=O) groups excluding carboxylic acids is 1. The maximum absolute atomic E-state index is 12.5. The second-order valence-corrected chi connectivity index (χ2v) is 10.4. The van der Waals surface area contributed by atoms with Crippen molar-refractivity contribution in [2.24, 2.45) is 5.92 Å². The van der Waals surface area contributed by atoms with E-state index in [0.29, 0.717) is 0 Å². The Morgan fingerprint density at radius 2 is 1.75 bits per heavy atom. The summed E-state index contributed by atoms with van der Waals surface area (Å²) in [5, 5.41) is 1.28. The zero-order valence-corrected chi connectivity index (χ0v) is 20.0. The van der Waals surface area contributed by atoms with Gasteiger partial charge in [0, 0.05) is 43.4 Å². The molecule has 1 aliphatic carbocycles. The Kier molecular flexibility index (Phi) is 6.13. The summed E-state index contributed by atoms with van der Waals surface area (Å²) in [5.41, 5.74) is 2.73. The molecule has 0 spiro atoms. The molecule has 5 nitrogen and oxygen atoms in total. The average Bonchev–Trinajstić information content (AvgIpc) is 2.99. The summed E-state index contributed by atoms with van der Waals surface area (Å²) in [6.45, 7) is 7.17. The van der Waals surface area contributed by atoms with Gasteiger partial charge in [0.15, 0.2) is 0 Å². The molecule has 3 aromatic rings. The van der Waals surface area contributed by atoms with Crippen LogP contribution in [0.3, 0.4) is 0 Å². The van der Waals surface area contributed by atoms with Crippen LogP contribution in [-0.4, -0.2) is 47.0 Å². The molecule has 32 heavy (non-hydrogen) atoms. The first-order valence-corrected chi connectivity index (χ1v) is 12.8. The number of aromatic nitrogens is 2. The lowest BCUT2D eigenvalue weighted by Gasteiger charge is -2.36. The SMILES string of the molecule is CC(C)C(=O)N1CCN(c2nc(Cc3ccccc3)nc3sc4c(c23)CCCCC4)CC1.